The van der Waals surface area contributed by atoms with Crippen LogP contribution in [0.4, 0.5) is 0 Å². The van der Waals surface area contributed by atoms with Gasteiger partial charge in [-0.05, 0) is 31.7 Å². The second-order valence-electron chi connectivity index (χ2n) is 5.46. The Morgan fingerprint density at radius 2 is 2.26 bits per heavy atom. The maximum atomic E-state index is 6.12. The highest BCUT2D eigenvalue weighted by molar-refractivity contribution is 6.00. The molecule has 0 saturated heterocycles. The van der Waals surface area contributed by atoms with Crippen LogP contribution < -0.4 is 5.73 Å². The molecule has 1 fully saturated rings. The number of aromatic amines is 1. The van der Waals surface area contributed by atoms with Gasteiger partial charge < -0.3 is 15.3 Å². The van der Waals surface area contributed by atoms with Crippen LogP contribution in [0.25, 0.3) is 22.1 Å². The van der Waals surface area contributed by atoms with Gasteiger partial charge in [0.15, 0.2) is 0 Å². The molecule has 3 heterocycles. The van der Waals surface area contributed by atoms with E-state index in [9.17, 15) is 0 Å². The first-order chi connectivity index (χ1) is 9.33. The Morgan fingerprint density at radius 3 is 3.16 bits per heavy atom. The van der Waals surface area contributed by atoms with Crippen LogP contribution in [0.15, 0.2) is 24.8 Å². The highest BCUT2D eigenvalue weighted by Crippen LogP contribution is 2.32. The van der Waals surface area contributed by atoms with E-state index >= 15 is 0 Å². The third-order valence-electron chi connectivity index (χ3n) is 4.20. The van der Waals surface area contributed by atoms with Gasteiger partial charge in [-0.3, -0.25) is 0 Å². The summed E-state index contributed by atoms with van der Waals surface area (Å²) in [5, 5.41) is 1.15. The van der Waals surface area contributed by atoms with Crippen molar-refractivity contribution >= 4 is 22.1 Å². The quantitative estimate of drug-likeness (QED) is 0.701. The van der Waals surface area contributed by atoms with Gasteiger partial charge in [-0.1, -0.05) is 0 Å². The van der Waals surface area contributed by atoms with Gasteiger partial charge in [-0.2, -0.15) is 0 Å². The molecule has 0 unspecified atom stereocenters. The van der Waals surface area contributed by atoms with Crippen LogP contribution in [-0.2, 0) is 0 Å². The second-order valence-corrected chi connectivity index (χ2v) is 5.46. The first kappa shape index (κ1) is 11.0. The Kier molecular flexibility index (Phi) is 2.35. The molecule has 0 amide bonds. The molecule has 5 nitrogen and oxygen atoms in total. The van der Waals surface area contributed by atoms with E-state index in [4.69, 9.17) is 5.73 Å². The fourth-order valence-corrected chi connectivity index (χ4v) is 3.26. The molecule has 1 aliphatic carbocycles. The Labute approximate surface area is 110 Å². The first-order valence-corrected chi connectivity index (χ1v) is 6.87. The predicted molar refractivity (Wildman–Crippen MR) is 74.9 cm³/mol. The summed E-state index contributed by atoms with van der Waals surface area (Å²) in [4.78, 5) is 12.0. The summed E-state index contributed by atoms with van der Waals surface area (Å²) >= 11 is 0. The van der Waals surface area contributed by atoms with Gasteiger partial charge in [0, 0.05) is 23.7 Å². The topological polar surface area (TPSA) is 72.5 Å². The minimum absolute atomic E-state index is 0.319. The normalized spacial score (nSPS) is 24.3. The van der Waals surface area contributed by atoms with Crippen molar-refractivity contribution in [2.75, 3.05) is 0 Å². The molecule has 5 heteroatoms. The minimum atomic E-state index is 0.319. The molecule has 1 saturated carbocycles. The summed E-state index contributed by atoms with van der Waals surface area (Å²) in [6.07, 6.45) is 10.3. The van der Waals surface area contributed by atoms with Gasteiger partial charge in [-0.15, -0.1) is 0 Å². The predicted octanol–water partition coefficient (Wildman–Crippen LogP) is 2.36. The SMILES string of the molecule is N[C@@H]1CCC[C@H](n2cnc3cnc4[nH]ccc4c32)C1. The standard InChI is InChI=1S/C14H17N5/c15-9-2-1-3-10(6-9)19-8-18-12-7-17-14-11(13(12)19)4-5-16-14/h4-5,7-10H,1-3,6,15H2,(H,16,17)/t9-,10+/m1/s1. The number of aromatic nitrogens is 4. The summed E-state index contributed by atoms with van der Waals surface area (Å²) < 4.78 is 2.30. The summed E-state index contributed by atoms with van der Waals surface area (Å²) in [6, 6.07) is 2.86. The number of nitrogens with two attached hydrogens (primary N) is 1. The molecule has 19 heavy (non-hydrogen) atoms. The molecule has 0 spiro atoms. The zero-order chi connectivity index (χ0) is 12.8. The lowest BCUT2D eigenvalue weighted by Gasteiger charge is -2.28. The third kappa shape index (κ3) is 1.65. The van der Waals surface area contributed by atoms with Gasteiger partial charge in [0.1, 0.15) is 11.2 Å². The highest BCUT2D eigenvalue weighted by atomic mass is 15.1. The van der Waals surface area contributed by atoms with E-state index in [1.807, 2.05) is 18.7 Å². The summed E-state index contributed by atoms with van der Waals surface area (Å²) in [7, 11) is 0. The minimum Gasteiger partial charge on any atom is -0.346 e. The summed E-state index contributed by atoms with van der Waals surface area (Å²) in [5.41, 5.74) is 9.19. The molecule has 0 radical (unpaired) electrons. The Morgan fingerprint density at radius 1 is 1.32 bits per heavy atom. The zero-order valence-corrected chi connectivity index (χ0v) is 10.7. The molecular weight excluding hydrogens is 238 g/mol. The number of rotatable bonds is 1. The zero-order valence-electron chi connectivity index (χ0n) is 10.7. The van der Waals surface area contributed by atoms with Gasteiger partial charge in [0.05, 0.1) is 18.0 Å². The van der Waals surface area contributed by atoms with E-state index in [1.54, 1.807) is 0 Å². The van der Waals surface area contributed by atoms with Crippen LogP contribution in [0.3, 0.4) is 0 Å². The number of hydrogen-bond acceptors (Lipinski definition) is 3. The molecule has 3 aromatic rings. The van der Waals surface area contributed by atoms with Crippen molar-refractivity contribution in [3.05, 3.63) is 24.8 Å². The number of hydrogen-bond donors (Lipinski definition) is 2. The van der Waals surface area contributed by atoms with Crippen molar-refractivity contribution in [3.63, 3.8) is 0 Å². The average molecular weight is 255 g/mol. The van der Waals surface area contributed by atoms with E-state index in [0.717, 1.165) is 29.4 Å². The van der Waals surface area contributed by atoms with E-state index in [-0.39, 0.29) is 0 Å². The van der Waals surface area contributed by atoms with E-state index in [1.165, 1.54) is 18.4 Å². The van der Waals surface area contributed by atoms with Crippen molar-refractivity contribution < 1.29 is 0 Å². The molecule has 3 N–H and O–H groups in total. The smallest absolute Gasteiger partial charge is 0.139 e. The van der Waals surface area contributed by atoms with E-state index in [2.05, 4.69) is 25.6 Å². The van der Waals surface area contributed by atoms with Crippen LogP contribution in [0.1, 0.15) is 31.7 Å². The summed E-state index contributed by atoms with van der Waals surface area (Å²) in [5.74, 6) is 0. The number of fused-ring (bicyclic) bond motifs is 3. The van der Waals surface area contributed by atoms with Crippen LogP contribution in [0, 0.1) is 0 Å². The monoisotopic (exact) mass is 255 g/mol. The van der Waals surface area contributed by atoms with Crippen molar-refractivity contribution in [2.45, 2.75) is 37.8 Å². The molecular formula is C14H17N5. The molecule has 2 atom stereocenters. The highest BCUT2D eigenvalue weighted by Gasteiger charge is 2.22. The maximum absolute atomic E-state index is 6.12. The van der Waals surface area contributed by atoms with Crippen LogP contribution >= 0.6 is 0 Å². The Balaban J connectivity index is 1.91. The van der Waals surface area contributed by atoms with Crippen molar-refractivity contribution in [2.24, 2.45) is 5.73 Å². The van der Waals surface area contributed by atoms with Crippen molar-refractivity contribution in [3.8, 4) is 0 Å². The molecule has 0 aliphatic heterocycles. The lowest BCUT2D eigenvalue weighted by atomic mass is 9.91. The maximum Gasteiger partial charge on any atom is 0.139 e. The third-order valence-corrected chi connectivity index (χ3v) is 4.20. The van der Waals surface area contributed by atoms with Crippen LogP contribution in [-0.4, -0.2) is 25.6 Å². The van der Waals surface area contributed by atoms with Gasteiger partial charge in [0.25, 0.3) is 0 Å². The average Bonchev–Trinajstić information content (AvgIpc) is 3.04. The number of imidazole rings is 1. The molecule has 0 aromatic carbocycles. The molecule has 3 aromatic heterocycles. The Bertz CT molecular complexity index is 726. The van der Waals surface area contributed by atoms with Crippen molar-refractivity contribution in [1.82, 2.24) is 19.5 Å². The van der Waals surface area contributed by atoms with E-state index < -0.39 is 0 Å². The molecule has 98 valence electrons. The van der Waals surface area contributed by atoms with Gasteiger partial charge in [0.2, 0.25) is 0 Å². The lowest BCUT2D eigenvalue weighted by Crippen LogP contribution is -2.29. The van der Waals surface area contributed by atoms with Crippen LogP contribution in [0.2, 0.25) is 0 Å². The van der Waals surface area contributed by atoms with Crippen molar-refractivity contribution in [1.29, 1.82) is 0 Å². The first-order valence-electron chi connectivity index (χ1n) is 6.87. The second kappa shape index (κ2) is 4.06. The van der Waals surface area contributed by atoms with Crippen LogP contribution in [0.5, 0.6) is 0 Å². The molecule has 0 bridgehead atoms. The van der Waals surface area contributed by atoms with Gasteiger partial charge in [-0.25, -0.2) is 9.97 Å². The Hall–Kier alpha value is -1.88. The van der Waals surface area contributed by atoms with E-state index in [0.29, 0.717) is 12.1 Å². The molecule has 4 rings (SSSR count). The summed E-state index contributed by atoms with van der Waals surface area (Å²) in [6.45, 7) is 0. The fraction of sp³-hybridized carbons (Fsp3) is 0.429. The number of nitrogens with zero attached hydrogens (tertiary/aromatic N) is 3. The number of H-pyrrole nitrogens is 1. The van der Waals surface area contributed by atoms with Gasteiger partial charge >= 0.3 is 0 Å². The number of nitrogens with one attached hydrogen (secondary N) is 1. The fourth-order valence-electron chi connectivity index (χ4n) is 3.26. The largest absolute Gasteiger partial charge is 0.346 e. The molecule has 1 aliphatic rings. The lowest BCUT2D eigenvalue weighted by molar-refractivity contribution is 0.325. The number of pyridine rings is 1.